The number of amides is 1. The molecule has 0 bridgehead atoms. The van der Waals surface area contributed by atoms with Gasteiger partial charge < -0.3 is 9.15 Å². The fraction of sp³-hybridized carbons (Fsp3) is 0.0968. The van der Waals surface area contributed by atoms with E-state index in [1.807, 2.05) is 73.7 Å². The number of carbonyl (C=O) groups is 1. The third kappa shape index (κ3) is 4.30. The molecule has 5 nitrogen and oxygen atoms in total. The fourth-order valence-electron chi connectivity index (χ4n) is 4.75. The smallest absolute Gasteiger partial charge is 0.295 e. The molecule has 0 radical (unpaired) electrons. The molecule has 0 spiro atoms. The second-order valence-electron chi connectivity index (χ2n) is 9.17. The van der Waals surface area contributed by atoms with Crippen molar-refractivity contribution in [3.63, 3.8) is 0 Å². The van der Waals surface area contributed by atoms with Gasteiger partial charge in [-0.2, -0.15) is 0 Å². The van der Waals surface area contributed by atoms with Crippen molar-refractivity contribution in [2.75, 3.05) is 4.90 Å². The van der Waals surface area contributed by atoms with Crippen LogP contribution >= 0.6 is 27.5 Å². The molecule has 0 saturated heterocycles. The van der Waals surface area contributed by atoms with E-state index < -0.39 is 11.9 Å². The largest absolute Gasteiger partial charge is 0.489 e. The van der Waals surface area contributed by atoms with Gasteiger partial charge in [-0.3, -0.25) is 14.5 Å². The summed E-state index contributed by atoms with van der Waals surface area (Å²) in [6.45, 7) is 2.33. The minimum absolute atomic E-state index is 0.0379. The lowest BCUT2D eigenvalue weighted by Gasteiger charge is -2.26. The van der Waals surface area contributed by atoms with Crippen LogP contribution in [-0.2, 0) is 6.61 Å². The molecule has 7 heteroatoms. The molecule has 188 valence electrons. The molecule has 1 unspecified atom stereocenters. The SMILES string of the molecule is Cc1ccc(N2C(=O)c3oc4ccc(Br)cc4c(=O)c3C2c2ccc(OCc3ccccc3)cc2)cc1Cl. The number of nitrogens with zero attached hydrogens (tertiary/aromatic N) is 1. The Labute approximate surface area is 232 Å². The second-order valence-corrected chi connectivity index (χ2v) is 10.5. The van der Waals surface area contributed by atoms with Gasteiger partial charge in [0.25, 0.3) is 5.91 Å². The van der Waals surface area contributed by atoms with Gasteiger partial charge in [0.05, 0.1) is 17.0 Å². The van der Waals surface area contributed by atoms with Gasteiger partial charge in [0.2, 0.25) is 5.76 Å². The molecule has 1 aliphatic rings. The van der Waals surface area contributed by atoms with Gasteiger partial charge in [-0.05, 0) is 66.1 Å². The van der Waals surface area contributed by atoms with Crippen LogP contribution in [0.3, 0.4) is 0 Å². The van der Waals surface area contributed by atoms with Crippen LogP contribution in [0, 0.1) is 6.92 Å². The van der Waals surface area contributed by atoms with Gasteiger partial charge in [0.1, 0.15) is 17.9 Å². The summed E-state index contributed by atoms with van der Waals surface area (Å²) in [5.74, 6) is 0.328. The van der Waals surface area contributed by atoms with Crippen LogP contribution < -0.4 is 15.1 Å². The van der Waals surface area contributed by atoms with E-state index in [1.54, 1.807) is 29.2 Å². The molecule has 6 rings (SSSR count). The monoisotopic (exact) mass is 585 g/mol. The van der Waals surface area contributed by atoms with E-state index in [4.69, 9.17) is 20.8 Å². The Kier molecular flexibility index (Phi) is 6.30. The Hall–Kier alpha value is -3.87. The van der Waals surface area contributed by atoms with Crippen molar-refractivity contribution >= 4 is 50.1 Å². The molecular formula is C31H21BrClNO4. The van der Waals surface area contributed by atoms with Crippen molar-refractivity contribution in [2.45, 2.75) is 19.6 Å². The Morgan fingerprint density at radius 1 is 0.947 bits per heavy atom. The third-order valence-electron chi connectivity index (χ3n) is 6.71. The number of rotatable bonds is 5. The molecule has 38 heavy (non-hydrogen) atoms. The van der Waals surface area contributed by atoms with E-state index in [-0.39, 0.29) is 11.2 Å². The molecule has 0 N–H and O–H groups in total. The highest BCUT2D eigenvalue weighted by atomic mass is 79.9. The van der Waals surface area contributed by atoms with E-state index in [2.05, 4.69) is 15.9 Å². The third-order valence-corrected chi connectivity index (χ3v) is 7.61. The van der Waals surface area contributed by atoms with E-state index in [0.29, 0.717) is 39.6 Å². The fourth-order valence-corrected chi connectivity index (χ4v) is 5.28. The summed E-state index contributed by atoms with van der Waals surface area (Å²) in [6.07, 6.45) is 0. The van der Waals surface area contributed by atoms with Crippen molar-refractivity contribution in [1.82, 2.24) is 0 Å². The average Bonchev–Trinajstić information content (AvgIpc) is 3.22. The van der Waals surface area contributed by atoms with Crippen molar-refractivity contribution in [3.8, 4) is 5.75 Å². The van der Waals surface area contributed by atoms with Crippen molar-refractivity contribution in [1.29, 1.82) is 0 Å². The van der Waals surface area contributed by atoms with Gasteiger partial charge in [0, 0.05) is 15.2 Å². The standard InChI is InChI=1S/C31H21BrClNO4/c1-18-7-11-22(16-25(18)33)34-28(20-8-12-23(13-9-20)37-17-19-5-3-2-4-6-19)27-29(35)24-15-21(32)10-14-26(24)38-30(27)31(34)36/h2-16,28H,17H2,1H3. The summed E-state index contributed by atoms with van der Waals surface area (Å²) in [4.78, 5) is 29.2. The first-order valence-corrected chi connectivity index (χ1v) is 13.2. The number of hydrogen-bond acceptors (Lipinski definition) is 4. The molecule has 1 aromatic heterocycles. The highest BCUT2D eigenvalue weighted by Gasteiger charge is 2.43. The predicted molar refractivity (Wildman–Crippen MR) is 152 cm³/mol. The Morgan fingerprint density at radius 2 is 1.71 bits per heavy atom. The summed E-state index contributed by atoms with van der Waals surface area (Å²) >= 11 is 9.88. The number of benzene rings is 4. The topological polar surface area (TPSA) is 59.8 Å². The number of aryl methyl sites for hydroxylation is 1. The summed E-state index contributed by atoms with van der Waals surface area (Å²) < 4.78 is 12.8. The molecule has 4 aromatic carbocycles. The minimum Gasteiger partial charge on any atom is -0.489 e. The molecule has 0 fully saturated rings. The van der Waals surface area contributed by atoms with Gasteiger partial charge in [-0.1, -0.05) is 76.1 Å². The summed E-state index contributed by atoms with van der Waals surface area (Å²) in [5.41, 5.74) is 3.70. The van der Waals surface area contributed by atoms with Crippen LogP contribution in [0.25, 0.3) is 11.0 Å². The van der Waals surface area contributed by atoms with Crippen LogP contribution in [0.5, 0.6) is 5.75 Å². The molecule has 1 atom stereocenters. The number of hydrogen-bond donors (Lipinski definition) is 0. The molecule has 1 aliphatic heterocycles. The van der Waals surface area contributed by atoms with Gasteiger partial charge in [-0.25, -0.2) is 0 Å². The zero-order valence-corrected chi connectivity index (χ0v) is 22.6. The van der Waals surface area contributed by atoms with Gasteiger partial charge in [0.15, 0.2) is 5.43 Å². The number of fused-ring (bicyclic) bond motifs is 2. The summed E-state index contributed by atoms with van der Waals surface area (Å²) in [6, 6.07) is 27.3. The van der Waals surface area contributed by atoms with Crippen LogP contribution in [0.1, 0.15) is 38.9 Å². The Morgan fingerprint density at radius 3 is 2.45 bits per heavy atom. The first-order chi connectivity index (χ1) is 18.4. The van der Waals surface area contributed by atoms with E-state index in [9.17, 15) is 9.59 Å². The first kappa shape index (κ1) is 24.5. The van der Waals surface area contributed by atoms with Crippen molar-refractivity contribution in [2.24, 2.45) is 0 Å². The van der Waals surface area contributed by atoms with Gasteiger partial charge >= 0.3 is 0 Å². The highest BCUT2D eigenvalue weighted by molar-refractivity contribution is 9.10. The molecule has 2 heterocycles. The second kappa shape index (κ2) is 9.78. The molecule has 1 amide bonds. The van der Waals surface area contributed by atoms with E-state index >= 15 is 0 Å². The summed E-state index contributed by atoms with van der Waals surface area (Å²) in [7, 11) is 0. The lowest BCUT2D eigenvalue weighted by atomic mass is 9.98. The van der Waals surface area contributed by atoms with Crippen LogP contribution in [0.2, 0.25) is 5.02 Å². The number of ether oxygens (including phenoxy) is 1. The maximum atomic E-state index is 13.8. The summed E-state index contributed by atoms with van der Waals surface area (Å²) in [5, 5.41) is 0.936. The van der Waals surface area contributed by atoms with Crippen molar-refractivity contribution in [3.05, 3.63) is 139 Å². The van der Waals surface area contributed by atoms with Crippen molar-refractivity contribution < 1.29 is 13.9 Å². The zero-order valence-electron chi connectivity index (χ0n) is 20.3. The maximum Gasteiger partial charge on any atom is 0.295 e. The number of anilines is 1. The van der Waals surface area contributed by atoms with E-state index in [1.165, 1.54) is 0 Å². The van der Waals surface area contributed by atoms with Crippen LogP contribution in [0.15, 0.2) is 105 Å². The molecule has 0 aliphatic carbocycles. The lowest BCUT2D eigenvalue weighted by molar-refractivity contribution is 0.0971. The minimum atomic E-state index is -0.695. The van der Waals surface area contributed by atoms with Crippen LogP contribution in [0.4, 0.5) is 5.69 Å². The van der Waals surface area contributed by atoms with E-state index in [0.717, 1.165) is 21.2 Å². The quantitative estimate of drug-likeness (QED) is 0.210. The maximum absolute atomic E-state index is 13.8. The first-order valence-electron chi connectivity index (χ1n) is 12.0. The van der Waals surface area contributed by atoms with Crippen LogP contribution in [-0.4, -0.2) is 5.91 Å². The normalized spacial score (nSPS) is 14.7. The number of halogens is 2. The molecule has 5 aromatic rings. The predicted octanol–water partition coefficient (Wildman–Crippen LogP) is 7.85. The zero-order chi connectivity index (χ0) is 26.4. The molecular weight excluding hydrogens is 566 g/mol. The Balaban J connectivity index is 1.46. The highest BCUT2D eigenvalue weighted by Crippen LogP contribution is 2.42. The number of carbonyl (C=O) groups excluding carboxylic acids is 1. The lowest BCUT2D eigenvalue weighted by Crippen LogP contribution is -2.29. The average molecular weight is 587 g/mol. The Bertz CT molecular complexity index is 1750. The molecule has 0 saturated carbocycles. The van der Waals surface area contributed by atoms with Gasteiger partial charge in [-0.15, -0.1) is 0 Å².